The molecule has 0 saturated carbocycles. The number of aliphatic hydroxyl groups excluding tert-OH is 1. The van der Waals surface area contributed by atoms with Gasteiger partial charge in [0, 0.05) is 41.4 Å². The molecule has 0 saturated heterocycles. The molecule has 1 unspecified atom stereocenters. The molecule has 1 aliphatic heterocycles. The molecule has 156 valence electrons. The normalized spacial score (nSPS) is 15.0. The summed E-state index contributed by atoms with van der Waals surface area (Å²) in [7, 11) is 0. The van der Waals surface area contributed by atoms with Crippen molar-refractivity contribution >= 4 is 33.1 Å². The molecular formula is C24H28N4OS. The Hall–Kier alpha value is -2.83. The second-order valence-electron chi connectivity index (χ2n) is 7.32. The fraction of sp³-hybridized carbons (Fsp3) is 0.292. The Kier molecular flexibility index (Phi) is 6.67. The third kappa shape index (κ3) is 5.01. The number of anilines is 1. The number of nitrogens with zero attached hydrogens (tertiary/aromatic N) is 2. The maximum absolute atomic E-state index is 10.6. The zero-order chi connectivity index (χ0) is 20.8. The van der Waals surface area contributed by atoms with Crippen LogP contribution in [-0.4, -0.2) is 37.2 Å². The van der Waals surface area contributed by atoms with Crippen molar-refractivity contribution in [3.05, 3.63) is 77.2 Å². The molecule has 0 bridgehead atoms. The minimum atomic E-state index is -0.572. The van der Waals surface area contributed by atoms with Crippen LogP contribution in [0.15, 0.2) is 71.7 Å². The molecule has 0 aliphatic carbocycles. The topological polar surface area (TPSA) is 59.9 Å². The quantitative estimate of drug-likeness (QED) is 0.306. The SMILES string of the molecule is CCNC(=NCc1cccc(N2CC=CC2)c1)NCC(O)c1cc2ccccc2s1. The van der Waals surface area contributed by atoms with Crippen molar-refractivity contribution in [1.29, 1.82) is 0 Å². The van der Waals surface area contributed by atoms with Crippen molar-refractivity contribution in [2.75, 3.05) is 31.1 Å². The van der Waals surface area contributed by atoms with Gasteiger partial charge in [-0.15, -0.1) is 11.3 Å². The van der Waals surface area contributed by atoms with Gasteiger partial charge in [-0.2, -0.15) is 0 Å². The Labute approximate surface area is 181 Å². The number of hydrogen-bond acceptors (Lipinski definition) is 4. The van der Waals surface area contributed by atoms with Crippen LogP contribution in [0.2, 0.25) is 0 Å². The molecular weight excluding hydrogens is 392 g/mol. The highest BCUT2D eigenvalue weighted by molar-refractivity contribution is 7.19. The van der Waals surface area contributed by atoms with Crippen LogP contribution < -0.4 is 15.5 Å². The Balaban J connectivity index is 1.38. The summed E-state index contributed by atoms with van der Waals surface area (Å²) in [4.78, 5) is 8.01. The van der Waals surface area contributed by atoms with Crippen molar-refractivity contribution in [3.8, 4) is 0 Å². The lowest BCUT2D eigenvalue weighted by Gasteiger charge is -2.18. The summed E-state index contributed by atoms with van der Waals surface area (Å²) in [6, 6.07) is 18.8. The Morgan fingerprint density at radius 2 is 1.93 bits per heavy atom. The average Bonchev–Trinajstić information content (AvgIpc) is 3.46. The highest BCUT2D eigenvalue weighted by Gasteiger charge is 2.12. The van der Waals surface area contributed by atoms with E-state index in [1.165, 1.54) is 21.3 Å². The minimum Gasteiger partial charge on any atom is -0.386 e. The number of thiophene rings is 1. The zero-order valence-electron chi connectivity index (χ0n) is 17.2. The predicted octanol–water partition coefficient (Wildman–Crippen LogP) is 4.07. The molecule has 3 aromatic rings. The van der Waals surface area contributed by atoms with Gasteiger partial charge in [-0.3, -0.25) is 0 Å². The van der Waals surface area contributed by atoms with E-state index in [4.69, 9.17) is 4.99 Å². The minimum absolute atomic E-state index is 0.415. The molecule has 2 heterocycles. The summed E-state index contributed by atoms with van der Waals surface area (Å²) in [6.45, 7) is 5.74. The van der Waals surface area contributed by atoms with Crippen molar-refractivity contribution < 1.29 is 5.11 Å². The maximum Gasteiger partial charge on any atom is 0.191 e. The van der Waals surface area contributed by atoms with Crippen LogP contribution in [0.1, 0.15) is 23.5 Å². The van der Waals surface area contributed by atoms with Gasteiger partial charge in [-0.1, -0.05) is 42.5 Å². The van der Waals surface area contributed by atoms with Crippen LogP contribution in [0.5, 0.6) is 0 Å². The number of aliphatic hydroxyl groups is 1. The third-order valence-corrected chi connectivity index (χ3v) is 6.31. The molecule has 0 radical (unpaired) electrons. The average molecular weight is 421 g/mol. The summed E-state index contributed by atoms with van der Waals surface area (Å²) in [5, 5.41) is 18.4. The molecule has 2 aromatic carbocycles. The third-order valence-electron chi connectivity index (χ3n) is 5.09. The first-order valence-electron chi connectivity index (χ1n) is 10.4. The Morgan fingerprint density at radius 3 is 2.73 bits per heavy atom. The molecule has 6 heteroatoms. The van der Waals surface area contributed by atoms with Crippen LogP contribution in [0, 0.1) is 0 Å². The van der Waals surface area contributed by atoms with E-state index in [0.29, 0.717) is 19.0 Å². The molecule has 1 aliphatic rings. The fourth-order valence-corrected chi connectivity index (χ4v) is 4.56. The molecule has 1 aromatic heterocycles. The number of aliphatic imine (C=N–C) groups is 1. The lowest BCUT2D eigenvalue weighted by molar-refractivity contribution is 0.184. The van der Waals surface area contributed by atoms with Gasteiger partial charge in [0.25, 0.3) is 0 Å². The van der Waals surface area contributed by atoms with Crippen molar-refractivity contribution in [3.63, 3.8) is 0 Å². The molecule has 4 rings (SSSR count). The van der Waals surface area contributed by atoms with Crippen molar-refractivity contribution in [2.24, 2.45) is 4.99 Å². The monoisotopic (exact) mass is 420 g/mol. The van der Waals surface area contributed by atoms with E-state index >= 15 is 0 Å². The molecule has 5 nitrogen and oxygen atoms in total. The van der Waals surface area contributed by atoms with Gasteiger partial charge in [0.15, 0.2) is 5.96 Å². The second kappa shape index (κ2) is 9.78. The summed E-state index contributed by atoms with van der Waals surface area (Å²) < 4.78 is 1.19. The van der Waals surface area contributed by atoms with Crippen LogP contribution in [0.4, 0.5) is 5.69 Å². The molecule has 0 fully saturated rings. The number of fused-ring (bicyclic) bond motifs is 1. The smallest absolute Gasteiger partial charge is 0.191 e. The van der Waals surface area contributed by atoms with E-state index in [0.717, 1.165) is 24.5 Å². The predicted molar refractivity (Wildman–Crippen MR) is 127 cm³/mol. The van der Waals surface area contributed by atoms with Crippen LogP contribution in [0.3, 0.4) is 0 Å². The van der Waals surface area contributed by atoms with Gasteiger partial charge in [-0.05, 0) is 42.1 Å². The van der Waals surface area contributed by atoms with Crippen LogP contribution >= 0.6 is 11.3 Å². The summed E-state index contributed by atoms with van der Waals surface area (Å²) in [5.74, 6) is 0.714. The van der Waals surface area contributed by atoms with Crippen molar-refractivity contribution in [1.82, 2.24) is 10.6 Å². The second-order valence-corrected chi connectivity index (χ2v) is 8.44. The fourth-order valence-electron chi connectivity index (χ4n) is 3.51. The first kappa shape index (κ1) is 20.4. The van der Waals surface area contributed by atoms with Gasteiger partial charge in [0.1, 0.15) is 6.10 Å². The number of guanidine groups is 1. The number of benzene rings is 2. The highest BCUT2D eigenvalue weighted by atomic mass is 32.1. The lowest BCUT2D eigenvalue weighted by Crippen LogP contribution is -2.39. The zero-order valence-corrected chi connectivity index (χ0v) is 18.0. The first-order valence-corrected chi connectivity index (χ1v) is 11.2. The van der Waals surface area contributed by atoms with Gasteiger partial charge in [-0.25, -0.2) is 4.99 Å². The van der Waals surface area contributed by atoms with Crippen LogP contribution in [0.25, 0.3) is 10.1 Å². The summed E-state index contributed by atoms with van der Waals surface area (Å²) in [6.07, 6.45) is 3.82. The summed E-state index contributed by atoms with van der Waals surface area (Å²) >= 11 is 1.63. The van der Waals surface area contributed by atoms with Crippen molar-refractivity contribution in [2.45, 2.75) is 19.6 Å². The first-order chi connectivity index (χ1) is 14.7. The van der Waals surface area contributed by atoms with E-state index in [1.54, 1.807) is 11.3 Å². The standard InChI is InChI=1S/C24H28N4OS/c1-2-25-24(26-16-18-8-7-10-20(14-18)28-12-5-6-13-28)27-17-21(29)23-15-19-9-3-4-11-22(19)30-23/h3-11,14-15,21,29H,2,12-13,16-17H2,1H3,(H2,25,26,27). The molecule has 0 amide bonds. The summed E-state index contributed by atoms with van der Waals surface area (Å²) in [5.41, 5.74) is 2.40. The number of rotatable bonds is 7. The van der Waals surface area contributed by atoms with Gasteiger partial charge < -0.3 is 20.6 Å². The van der Waals surface area contributed by atoms with E-state index < -0.39 is 6.10 Å². The molecule has 3 N–H and O–H groups in total. The molecule has 30 heavy (non-hydrogen) atoms. The van der Waals surface area contributed by atoms with E-state index in [-0.39, 0.29) is 0 Å². The van der Waals surface area contributed by atoms with Crippen LogP contribution in [-0.2, 0) is 6.54 Å². The van der Waals surface area contributed by atoms with E-state index in [2.05, 4.69) is 70.2 Å². The highest BCUT2D eigenvalue weighted by Crippen LogP contribution is 2.29. The van der Waals surface area contributed by atoms with E-state index in [9.17, 15) is 5.11 Å². The Bertz CT molecular complexity index is 1000. The number of nitrogens with one attached hydrogen (secondary N) is 2. The number of hydrogen-bond donors (Lipinski definition) is 3. The maximum atomic E-state index is 10.6. The Morgan fingerprint density at radius 1 is 1.10 bits per heavy atom. The lowest BCUT2D eigenvalue weighted by atomic mass is 10.2. The molecule has 0 spiro atoms. The van der Waals surface area contributed by atoms with Gasteiger partial charge in [0.2, 0.25) is 0 Å². The van der Waals surface area contributed by atoms with E-state index in [1.807, 2.05) is 19.1 Å². The molecule has 1 atom stereocenters. The van der Waals surface area contributed by atoms with Gasteiger partial charge >= 0.3 is 0 Å². The van der Waals surface area contributed by atoms with Gasteiger partial charge in [0.05, 0.1) is 6.54 Å². The largest absolute Gasteiger partial charge is 0.386 e.